The molecular weight excluding hydrogens is 350 g/mol. The van der Waals surface area contributed by atoms with E-state index in [1.165, 1.54) is 0 Å². The third-order valence-corrected chi connectivity index (χ3v) is 4.97. The minimum atomic E-state index is 0.171. The smallest absolute Gasteiger partial charge is 0.253 e. The number of anilines is 1. The summed E-state index contributed by atoms with van der Waals surface area (Å²) in [7, 11) is 0. The van der Waals surface area contributed by atoms with Crippen LogP contribution in [-0.4, -0.2) is 16.3 Å². The van der Waals surface area contributed by atoms with Crippen molar-refractivity contribution < 1.29 is 9.51 Å². The molecule has 0 aliphatic heterocycles. The Morgan fingerprint density at radius 1 is 1.21 bits per heavy atom. The number of nitrogens with one attached hydrogen (secondary N) is 2. The molecule has 0 amide bonds. The van der Waals surface area contributed by atoms with E-state index in [1.54, 1.807) is 24.4 Å². The standard InChI is InChI=1S/C22H19N5O/c1-3-16-14(2)17(12-23)21-25-18-9-5-6-10-19(18)27(21)22(16)26-24-13-15-8-4-7-11-20(15)28/h4-11,13H,3H2,1-2H3,(H2,24,25,26,28)/p+1. The summed E-state index contributed by atoms with van der Waals surface area (Å²) < 4.78 is 2.00. The van der Waals surface area contributed by atoms with E-state index in [1.807, 2.05) is 41.7 Å². The monoisotopic (exact) mass is 370 g/mol. The van der Waals surface area contributed by atoms with Gasteiger partial charge in [0.25, 0.3) is 5.82 Å². The number of imidazole rings is 1. The van der Waals surface area contributed by atoms with Gasteiger partial charge in [0.05, 0.1) is 6.21 Å². The lowest BCUT2D eigenvalue weighted by molar-refractivity contribution is -0.465. The lowest BCUT2D eigenvalue weighted by atomic mass is 10.0. The number of fused-ring (bicyclic) bond motifs is 3. The average molecular weight is 370 g/mol. The van der Waals surface area contributed by atoms with E-state index < -0.39 is 0 Å². The maximum absolute atomic E-state index is 9.94. The molecule has 138 valence electrons. The summed E-state index contributed by atoms with van der Waals surface area (Å²) in [5, 5.41) is 24.0. The minimum Gasteiger partial charge on any atom is -0.507 e. The highest BCUT2D eigenvalue weighted by Gasteiger charge is 2.24. The van der Waals surface area contributed by atoms with Crippen molar-refractivity contribution in [2.24, 2.45) is 5.10 Å². The zero-order valence-electron chi connectivity index (χ0n) is 15.7. The first kappa shape index (κ1) is 17.6. The number of aromatic amines is 1. The van der Waals surface area contributed by atoms with Crippen LogP contribution in [0.1, 0.15) is 29.2 Å². The molecule has 0 saturated heterocycles. The highest BCUT2D eigenvalue weighted by Crippen LogP contribution is 2.25. The van der Waals surface area contributed by atoms with Crippen LogP contribution in [0.25, 0.3) is 16.7 Å². The summed E-state index contributed by atoms with van der Waals surface area (Å²) in [5.74, 6) is 0.975. The van der Waals surface area contributed by atoms with Gasteiger partial charge in [0, 0.05) is 11.1 Å². The summed E-state index contributed by atoms with van der Waals surface area (Å²) >= 11 is 0. The van der Waals surface area contributed by atoms with Crippen LogP contribution in [0.3, 0.4) is 0 Å². The van der Waals surface area contributed by atoms with Crippen molar-refractivity contribution in [3.8, 4) is 11.8 Å². The summed E-state index contributed by atoms with van der Waals surface area (Å²) in [5.41, 5.74) is 8.99. The SMILES string of the molecule is CCc1c(C)c(C#N)c2[nH]c3ccccc3[n+]2c1NN=Cc1ccccc1O. The highest BCUT2D eigenvalue weighted by molar-refractivity contribution is 5.84. The molecular formula is C22H20N5O+. The van der Waals surface area contributed by atoms with Crippen molar-refractivity contribution >= 4 is 28.7 Å². The molecule has 6 heteroatoms. The molecule has 2 aromatic carbocycles. The number of hydrazone groups is 1. The van der Waals surface area contributed by atoms with Crippen molar-refractivity contribution in [3.05, 3.63) is 70.8 Å². The van der Waals surface area contributed by atoms with Crippen LogP contribution in [-0.2, 0) is 6.42 Å². The number of hydrogen-bond donors (Lipinski definition) is 3. The van der Waals surface area contributed by atoms with Crippen LogP contribution in [0.2, 0.25) is 0 Å². The Morgan fingerprint density at radius 3 is 2.71 bits per heavy atom. The lowest BCUT2D eigenvalue weighted by Gasteiger charge is -2.10. The van der Waals surface area contributed by atoms with Crippen LogP contribution in [0.15, 0.2) is 53.6 Å². The number of nitrogens with zero attached hydrogens (tertiary/aromatic N) is 3. The molecule has 0 radical (unpaired) electrons. The molecule has 0 aliphatic rings. The Kier molecular flexibility index (Phi) is 4.42. The molecule has 4 rings (SSSR count). The predicted molar refractivity (Wildman–Crippen MR) is 110 cm³/mol. The minimum absolute atomic E-state index is 0.171. The van der Waals surface area contributed by atoms with E-state index in [0.29, 0.717) is 11.1 Å². The summed E-state index contributed by atoms with van der Waals surface area (Å²) in [6, 6.07) is 17.3. The number of H-pyrrole nitrogens is 1. The second kappa shape index (κ2) is 7.05. The average Bonchev–Trinajstić information content (AvgIpc) is 3.08. The van der Waals surface area contributed by atoms with Gasteiger partial charge >= 0.3 is 0 Å². The number of phenolic OH excluding ortho intramolecular Hbond substituents is 1. The second-order valence-electron chi connectivity index (χ2n) is 6.55. The number of aromatic nitrogens is 2. The normalized spacial score (nSPS) is 11.3. The van der Waals surface area contributed by atoms with Crippen molar-refractivity contribution in [3.63, 3.8) is 0 Å². The fraction of sp³-hybridized carbons (Fsp3) is 0.136. The molecule has 0 spiro atoms. The Balaban J connectivity index is 1.94. The fourth-order valence-corrected chi connectivity index (χ4v) is 3.57. The Hall–Kier alpha value is -3.85. The molecule has 0 unspecified atom stereocenters. The maximum atomic E-state index is 9.94. The zero-order valence-corrected chi connectivity index (χ0v) is 15.7. The molecule has 0 bridgehead atoms. The number of benzene rings is 2. The first-order valence-corrected chi connectivity index (χ1v) is 9.10. The summed E-state index contributed by atoms with van der Waals surface area (Å²) in [6.07, 6.45) is 2.33. The van der Waals surface area contributed by atoms with Gasteiger partial charge in [0.15, 0.2) is 0 Å². The van der Waals surface area contributed by atoms with Gasteiger partial charge in [-0.1, -0.05) is 31.2 Å². The molecule has 0 saturated carbocycles. The quantitative estimate of drug-likeness (QED) is 0.290. The van der Waals surface area contributed by atoms with Crippen LogP contribution in [0, 0.1) is 18.3 Å². The van der Waals surface area contributed by atoms with Gasteiger partial charge in [0.1, 0.15) is 28.4 Å². The van der Waals surface area contributed by atoms with E-state index in [0.717, 1.165) is 40.0 Å². The summed E-state index contributed by atoms with van der Waals surface area (Å²) in [4.78, 5) is 3.36. The Bertz CT molecular complexity index is 1260. The number of aromatic hydroxyl groups is 1. The predicted octanol–water partition coefficient (Wildman–Crippen LogP) is 3.80. The molecule has 2 aromatic heterocycles. The molecule has 0 aliphatic carbocycles. The maximum Gasteiger partial charge on any atom is 0.253 e. The van der Waals surface area contributed by atoms with Crippen LogP contribution in [0.4, 0.5) is 5.82 Å². The summed E-state index contributed by atoms with van der Waals surface area (Å²) in [6.45, 7) is 4.02. The number of rotatable bonds is 4. The van der Waals surface area contributed by atoms with Gasteiger partial charge in [-0.15, -0.1) is 5.10 Å². The van der Waals surface area contributed by atoms with Gasteiger partial charge in [-0.2, -0.15) is 15.1 Å². The van der Waals surface area contributed by atoms with Gasteiger partial charge in [-0.25, -0.2) is 0 Å². The zero-order chi connectivity index (χ0) is 19.7. The van der Waals surface area contributed by atoms with Crippen molar-refractivity contribution in [2.45, 2.75) is 20.3 Å². The molecule has 0 fully saturated rings. The van der Waals surface area contributed by atoms with E-state index in [4.69, 9.17) is 0 Å². The van der Waals surface area contributed by atoms with E-state index >= 15 is 0 Å². The van der Waals surface area contributed by atoms with E-state index in [9.17, 15) is 10.4 Å². The molecule has 3 N–H and O–H groups in total. The first-order chi connectivity index (χ1) is 13.7. The highest BCUT2D eigenvalue weighted by atomic mass is 16.3. The number of para-hydroxylation sites is 3. The van der Waals surface area contributed by atoms with E-state index in [-0.39, 0.29) is 5.75 Å². The molecule has 28 heavy (non-hydrogen) atoms. The van der Waals surface area contributed by atoms with Gasteiger partial charge in [-0.3, -0.25) is 4.98 Å². The number of pyridine rings is 1. The molecule has 6 nitrogen and oxygen atoms in total. The third kappa shape index (κ3) is 2.74. The first-order valence-electron chi connectivity index (χ1n) is 9.10. The van der Waals surface area contributed by atoms with Crippen LogP contribution >= 0.6 is 0 Å². The number of phenols is 1. The van der Waals surface area contributed by atoms with Gasteiger partial charge in [0.2, 0.25) is 5.65 Å². The van der Waals surface area contributed by atoms with Crippen molar-refractivity contribution in [1.82, 2.24) is 4.98 Å². The van der Waals surface area contributed by atoms with Crippen LogP contribution < -0.4 is 9.83 Å². The van der Waals surface area contributed by atoms with Gasteiger partial charge < -0.3 is 5.11 Å². The fourth-order valence-electron chi connectivity index (χ4n) is 3.57. The molecule has 2 heterocycles. The third-order valence-electron chi connectivity index (χ3n) is 4.97. The van der Waals surface area contributed by atoms with E-state index in [2.05, 4.69) is 28.5 Å². The lowest BCUT2D eigenvalue weighted by Crippen LogP contribution is -2.28. The number of nitriles is 1. The van der Waals surface area contributed by atoms with Crippen molar-refractivity contribution in [1.29, 1.82) is 5.26 Å². The molecule has 0 atom stereocenters. The largest absolute Gasteiger partial charge is 0.507 e. The van der Waals surface area contributed by atoms with Crippen LogP contribution in [0.5, 0.6) is 5.75 Å². The Labute approximate surface area is 162 Å². The molecule has 4 aromatic rings. The number of hydrogen-bond acceptors (Lipinski definition) is 4. The van der Waals surface area contributed by atoms with Gasteiger partial charge in [-0.05, 0) is 43.2 Å². The van der Waals surface area contributed by atoms with Crippen molar-refractivity contribution in [2.75, 3.05) is 5.43 Å². The Morgan fingerprint density at radius 2 is 1.96 bits per heavy atom. The second-order valence-corrected chi connectivity index (χ2v) is 6.55. The topological polar surface area (TPSA) is 88.3 Å².